The largest absolute Gasteiger partial charge is 0.310 e. The summed E-state index contributed by atoms with van der Waals surface area (Å²) < 4.78 is 1.08. The van der Waals surface area contributed by atoms with Crippen LogP contribution in [-0.4, -0.2) is 16.0 Å². The van der Waals surface area contributed by atoms with Crippen LogP contribution in [0.3, 0.4) is 0 Å². The molecule has 0 aliphatic rings. The predicted octanol–water partition coefficient (Wildman–Crippen LogP) is 3.71. The Balaban J connectivity index is 2.18. The molecule has 0 saturated heterocycles. The Morgan fingerprint density at radius 2 is 1.89 bits per heavy atom. The zero-order valence-electron chi connectivity index (χ0n) is 11.4. The zero-order valence-corrected chi connectivity index (χ0v) is 13.0. The SMILES string of the molecule is Cc1cc(Br)ccc1-c1ncc(CNC(C)C)cn1. The van der Waals surface area contributed by atoms with Crippen LogP contribution in [0.25, 0.3) is 11.4 Å². The molecule has 2 rings (SSSR count). The molecular weight excluding hydrogens is 302 g/mol. The first-order chi connectivity index (χ1) is 9.06. The van der Waals surface area contributed by atoms with Crippen molar-refractivity contribution in [3.63, 3.8) is 0 Å². The first kappa shape index (κ1) is 14.2. The number of benzene rings is 1. The highest BCUT2D eigenvalue weighted by molar-refractivity contribution is 9.10. The maximum Gasteiger partial charge on any atom is 0.159 e. The van der Waals surface area contributed by atoms with Gasteiger partial charge in [-0.05, 0) is 30.7 Å². The molecule has 4 heteroatoms. The summed E-state index contributed by atoms with van der Waals surface area (Å²) in [5.74, 6) is 0.776. The maximum atomic E-state index is 4.45. The van der Waals surface area contributed by atoms with Gasteiger partial charge in [0.1, 0.15) is 0 Å². The molecule has 0 fully saturated rings. The molecular formula is C15H18BrN3. The second-order valence-electron chi connectivity index (χ2n) is 4.91. The van der Waals surface area contributed by atoms with E-state index in [1.165, 1.54) is 5.56 Å². The molecule has 0 amide bonds. The number of nitrogens with one attached hydrogen (secondary N) is 1. The van der Waals surface area contributed by atoms with Gasteiger partial charge in [-0.3, -0.25) is 0 Å². The van der Waals surface area contributed by atoms with Gasteiger partial charge in [0.25, 0.3) is 0 Å². The lowest BCUT2D eigenvalue weighted by molar-refractivity contribution is 0.587. The topological polar surface area (TPSA) is 37.8 Å². The highest BCUT2D eigenvalue weighted by Gasteiger charge is 2.05. The normalized spacial score (nSPS) is 11.0. The van der Waals surface area contributed by atoms with Gasteiger partial charge in [0.05, 0.1) is 0 Å². The Morgan fingerprint density at radius 3 is 2.47 bits per heavy atom. The first-order valence-electron chi connectivity index (χ1n) is 6.37. The van der Waals surface area contributed by atoms with Gasteiger partial charge >= 0.3 is 0 Å². The summed E-state index contributed by atoms with van der Waals surface area (Å²) in [5, 5.41) is 3.35. The Kier molecular flexibility index (Phi) is 4.66. The number of aryl methyl sites for hydroxylation is 1. The highest BCUT2D eigenvalue weighted by Crippen LogP contribution is 2.23. The number of nitrogens with zero attached hydrogens (tertiary/aromatic N) is 2. The van der Waals surface area contributed by atoms with Crippen LogP contribution in [-0.2, 0) is 6.54 Å². The monoisotopic (exact) mass is 319 g/mol. The second kappa shape index (κ2) is 6.26. The summed E-state index contributed by atoms with van der Waals surface area (Å²) in [6.07, 6.45) is 3.78. The molecule has 2 aromatic rings. The summed E-state index contributed by atoms with van der Waals surface area (Å²) in [6, 6.07) is 6.60. The van der Waals surface area contributed by atoms with E-state index in [-0.39, 0.29) is 0 Å². The fourth-order valence-corrected chi connectivity index (χ4v) is 2.26. The van der Waals surface area contributed by atoms with E-state index in [0.29, 0.717) is 6.04 Å². The molecule has 0 aliphatic heterocycles. The second-order valence-corrected chi connectivity index (χ2v) is 5.83. The smallest absolute Gasteiger partial charge is 0.159 e. The molecule has 0 saturated carbocycles. The van der Waals surface area contributed by atoms with E-state index in [1.54, 1.807) is 0 Å². The summed E-state index contributed by atoms with van der Waals surface area (Å²) in [6.45, 7) is 7.12. The lowest BCUT2D eigenvalue weighted by Crippen LogP contribution is -2.21. The van der Waals surface area contributed by atoms with Gasteiger partial charge in [-0.25, -0.2) is 9.97 Å². The van der Waals surface area contributed by atoms with Crippen LogP contribution < -0.4 is 5.32 Å². The molecule has 0 bridgehead atoms. The molecule has 0 unspecified atom stereocenters. The quantitative estimate of drug-likeness (QED) is 0.933. The van der Waals surface area contributed by atoms with E-state index in [9.17, 15) is 0 Å². The minimum absolute atomic E-state index is 0.466. The van der Waals surface area contributed by atoms with Crippen LogP contribution in [0, 0.1) is 6.92 Å². The Hall–Kier alpha value is -1.26. The molecule has 0 atom stereocenters. The fraction of sp³-hybridized carbons (Fsp3) is 0.333. The first-order valence-corrected chi connectivity index (χ1v) is 7.16. The molecule has 19 heavy (non-hydrogen) atoms. The summed E-state index contributed by atoms with van der Waals surface area (Å²) >= 11 is 3.47. The van der Waals surface area contributed by atoms with E-state index in [4.69, 9.17) is 0 Å². The molecule has 1 N–H and O–H groups in total. The van der Waals surface area contributed by atoms with Gasteiger partial charge in [0.2, 0.25) is 0 Å². The third-order valence-corrected chi connectivity index (χ3v) is 3.34. The average molecular weight is 320 g/mol. The summed E-state index contributed by atoms with van der Waals surface area (Å²) in [7, 11) is 0. The number of aromatic nitrogens is 2. The molecule has 0 spiro atoms. The maximum absolute atomic E-state index is 4.45. The minimum atomic E-state index is 0.466. The van der Waals surface area contributed by atoms with E-state index < -0.39 is 0 Å². The fourth-order valence-electron chi connectivity index (χ4n) is 1.79. The van der Waals surface area contributed by atoms with Gasteiger partial charge in [0.15, 0.2) is 5.82 Å². The number of rotatable bonds is 4. The molecule has 1 aromatic heterocycles. The van der Waals surface area contributed by atoms with Crippen molar-refractivity contribution in [3.05, 3.63) is 46.2 Å². The number of hydrogen-bond acceptors (Lipinski definition) is 3. The van der Waals surface area contributed by atoms with Crippen LogP contribution in [0.5, 0.6) is 0 Å². The number of halogens is 1. The number of hydrogen-bond donors (Lipinski definition) is 1. The Bertz CT molecular complexity index is 550. The van der Waals surface area contributed by atoms with E-state index >= 15 is 0 Å². The van der Waals surface area contributed by atoms with Crippen molar-refractivity contribution in [2.45, 2.75) is 33.4 Å². The molecule has 1 aromatic carbocycles. The van der Waals surface area contributed by atoms with Crippen LogP contribution in [0.2, 0.25) is 0 Å². The summed E-state index contributed by atoms with van der Waals surface area (Å²) in [4.78, 5) is 8.90. The van der Waals surface area contributed by atoms with Crippen molar-refractivity contribution in [2.24, 2.45) is 0 Å². The molecule has 0 aliphatic carbocycles. The van der Waals surface area contributed by atoms with E-state index in [2.05, 4.69) is 58.1 Å². The van der Waals surface area contributed by atoms with Gasteiger partial charge in [-0.15, -0.1) is 0 Å². The van der Waals surface area contributed by atoms with Crippen molar-refractivity contribution >= 4 is 15.9 Å². The minimum Gasteiger partial charge on any atom is -0.310 e. The average Bonchev–Trinajstić information content (AvgIpc) is 2.37. The Morgan fingerprint density at radius 1 is 1.21 bits per heavy atom. The van der Waals surface area contributed by atoms with Crippen LogP contribution in [0.15, 0.2) is 35.1 Å². The van der Waals surface area contributed by atoms with Crippen molar-refractivity contribution in [1.82, 2.24) is 15.3 Å². The third-order valence-electron chi connectivity index (χ3n) is 2.85. The van der Waals surface area contributed by atoms with Gasteiger partial charge in [-0.2, -0.15) is 0 Å². The lowest BCUT2D eigenvalue weighted by Gasteiger charge is -2.08. The highest BCUT2D eigenvalue weighted by atomic mass is 79.9. The zero-order chi connectivity index (χ0) is 13.8. The third kappa shape index (κ3) is 3.85. The van der Waals surface area contributed by atoms with E-state index in [0.717, 1.165) is 28.0 Å². The van der Waals surface area contributed by atoms with Crippen LogP contribution in [0.4, 0.5) is 0 Å². The lowest BCUT2D eigenvalue weighted by atomic mass is 10.1. The van der Waals surface area contributed by atoms with Crippen molar-refractivity contribution in [3.8, 4) is 11.4 Å². The van der Waals surface area contributed by atoms with Gasteiger partial charge < -0.3 is 5.32 Å². The van der Waals surface area contributed by atoms with Gasteiger partial charge in [-0.1, -0.05) is 29.8 Å². The molecule has 100 valence electrons. The Labute approximate surface area is 122 Å². The van der Waals surface area contributed by atoms with E-state index in [1.807, 2.05) is 24.5 Å². The molecule has 0 radical (unpaired) electrons. The van der Waals surface area contributed by atoms with Crippen LogP contribution >= 0.6 is 15.9 Å². The van der Waals surface area contributed by atoms with Crippen molar-refractivity contribution < 1.29 is 0 Å². The standard InChI is InChI=1S/C15H18BrN3/c1-10(2)17-7-12-8-18-15(19-9-12)14-5-4-13(16)6-11(14)3/h4-6,8-10,17H,7H2,1-3H3. The predicted molar refractivity (Wildman–Crippen MR) is 81.9 cm³/mol. The van der Waals surface area contributed by atoms with Crippen molar-refractivity contribution in [2.75, 3.05) is 0 Å². The van der Waals surface area contributed by atoms with Crippen LogP contribution in [0.1, 0.15) is 25.0 Å². The van der Waals surface area contributed by atoms with Crippen molar-refractivity contribution in [1.29, 1.82) is 0 Å². The van der Waals surface area contributed by atoms with Gasteiger partial charge in [0, 0.05) is 40.6 Å². The molecule has 3 nitrogen and oxygen atoms in total. The molecule has 1 heterocycles. The summed E-state index contributed by atoms with van der Waals surface area (Å²) in [5.41, 5.74) is 3.35.